The van der Waals surface area contributed by atoms with Gasteiger partial charge >= 0.3 is 6.09 Å². The predicted octanol–water partition coefficient (Wildman–Crippen LogP) is 0.783. The Balaban J connectivity index is 0. The Morgan fingerprint density at radius 3 is 2.21 bits per heavy atom. The van der Waals surface area contributed by atoms with Crippen LogP contribution in [0.25, 0.3) is 0 Å². The summed E-state index contributed by atoms with van der Waals surface area (Å²) in [5.74, 6) is -0.963. The summed E-state index contributed by atoms with van der Waals surface area (Å²) in [5.41, 5.74) is 5.11. The van der Waals surface area contributed by atoms with Gasteiger partial charge in [0.25, 0.3) is 0 Å². The molecule has 1 heterocycles. The standard InChI is InChI=1S/C8H13N3O4.2C2H6/c9-7(13)5-2-1-3-11(5)6(12)4-10-8(14)15;2*1-2/h5,10H,1-4H2,(H2,9,13)(H,14,15);2*1-2H3/t5-;;/m0../s1. The molecule has 1 rings (SSSR count). The highest BCUT2D eigenvalue weighted by atomic mass is 16.4. The molecule has 7 heteroatoms. The molecular weight excluding hydrogens is 250 g/mol. The van der Waals surface area contributed by atoms with Crippen molar-refractivity contribution in [2.45, 2.75) is 46.6 Å². The van der Waals surface area contributed by atoms with Crippen molar-refractivity contribution >= 4 is 17.9 Å². The van der Waals surface area contributed by atoms with Gasteiger partial charge in [-0.1, -0.05) is 27.7 Å². The van der Waals surface area contributed by atoms with Gasteiger partial charge in [0.15, 0.2) is 0 Å². The van der Waals surface area contributed by atoms with E-state index in [0.717, 1.165) is 0 Å². The number of nitrogens with one attached hydrogen (secondary N) is 1. The van der Waals surface area contributed by atoms with Crippen LogP contribution < -0.4 is 11.1 Å². The molecule has 0 bridgehead atoms. The Morgan fingerprint density at radius 1 is 1.26 bits per heavy atom. The molecule has 3 amide bonds. The summed E-state index contributed by atoms with van der Waals surface area (Å²) in [6.45, 7) is 8.13. The van der Waals surface area contributed by atoms with Gasteiger partial charge in [0.05, 0.1) is 0 Å². The van der Waals surface area contributed by atoms with Crippen molar-refractivity contribution in [3.05, 3.63) is 0 Å². The number of hydrogen-bond donors (Lipinski definition) is 3. The van der Waals surface area contributed by atoms with E-state index >= 15 is 0 Å². The molecule has 0 radical (unpaired) electrons. The maximum Gasteiger partial charge on any atom is 0.405 e. The number of nitrogens with two attached hydrogens (primary N) is 1. The highest BCUT2D eigenvalue weighted by molar-refractivity contribution is 5.89. The Morgan fingerprint density at radius 2 is 1.79 bits per heavy atom. The SMILES string of the molecule is CC.CC.NC(=O)[C@@H]1CCCN1C(=O)CNC(=O)O. The number of carbonyl (C=O) groups is 3. The first-order chi connectivity index (χ1) is 9.02. The van der Waals surface area contributed by atoms with Crippen molar-refractivity contribution < 1.29 is 19.5 Å². The van der Waals surface area contributed by atoms with Crippen molar-refractivity contribution in [2.75, 3.05) is 13.1 Å². The van der Waals surface area contributed by atoms with Crippen molar-refractivity contribution in [2.24, 2.45) is 5.73 Å². The van der Waals surface area contributed by atoms with Crippen molar-refractivity contribution in [1.29, 1.82) is 0 Å². The van der Waals surface area contributed by atoms with Crippen LogP contribution in [-0.2, 0) is 9.59 Å². The van der Waals surface area contributed by atoms with Gasteiger partial charge in [-0.05, 0) is 12.8 Å². The summed E-state index contributed by atoms with van der Waals surface area (Å²) >= 11 is 0. The van der Waals surface area contributed by atoms with Crippen molar-refractivity contribution in [1.82, 2.24) is 10.2 Å². The van der Waals surface area contributed by atoms with E-state index in [-0.39, 0.29) is 6.54 Å². The first-order valence-electron chi connectivity index (χ1n) is 6.58. The third-order valence-electron chi connectivity index (χ3n) is 2.29. The number of likely N-dealkylation sites (tertiary alicyclic amines) is 1. The fourth-order valence-electron chi connectivity index (χ4n) is 1.61. The van der Waals surface area contributed by atoms with Crippen LogP contribution in [0.3, 0.4) is 0 Å². The maximum atomic E-state index is 11.5. The monoisotopic (exact) mass is 275 g/mol. The molecule has 0 aromatic rings. The molecule has 1 saturated heterocycles. The number of carbonyl (C=O) groups excluding carboxylic acids is 2. The van der Waals surface area contributed by atoms with Crippen molar-refractivity contribution in [3.63, 3.8) is 0 Å². The number of nitrogens with zero attached hydrogens (tertiary/aromatic N) is 1. The molecule has 0 spiro atoms. The summed E-state index contributed by atoms with van der Waals surface area (Å²) in [6, 6.07) is -0.590. The van der Waals surface area contributed by atoms with E-state index in [4.69, 9.17) is 10.8 Å². The molecule has 4 N–H and O–H groups in total. The second kappa shape index (κ2) is 11.3. The Labute approximate surface area is 114 Å². The third kappa shape index (κ3) is 7.28. The topological polar surface area (TPSA) is 113 Å². The van der Waals surface area contributed by atoms with E-state index in [1.807, 2.05) is 33.0 Å². The maximum absolute atomic E-state index is 11.5. The van der Waals surface area contributed by atoms with Crippen LogP contribution in [0.15, 0.2) is 0 Å². The molecule has 0 aromatic heterocycles. The van der Waals surface area contributed by atoms with Crippen LogP contribution in [0.1, 0.15) is 40.5 Å². The largest absolute Gasteiger partial charge is 0.465 e. The number of primary amides is 1. The van der Waals surface area contributed by atoms with Gasteiger partial charge in [0, 0.05) is 6.54 Å². The lowest BCUT2D eigenvalue weighted by molar-refractivity contribution is -0.136. The highest BCUT2D eigenvalue weighted by Gasteiger charge is 2.32. The van der Waals surface area contributed by atoms with Crippen LogP contribution in [0.5, 0.6) is 0 Å². The Hall–Kier alpha value is -1.79. The molecule has 1 aliphatic heterocycles. The van der Waals surface area contributed by atoms with Gasteiger partial charge in [0.2, 0.25) is 11.8 Å². The normalized spacial score (nSPS) is 16.4. The van der Waals surface area contributed by atoms with E-state index < -0.39 is 23.9 Å². The summed E-state index contributed by atoms with van der Waals surface area (Å²) in [7, 11) is 0. The predicted molar refractivity (Wildman–Crippen MR) is 72.7 cm³/mol. The average Bonchev–Trinajstić information content (AvgIpc) is 2.90. The van der Waals surface area contributed by atoms with E-state index in [1.165, 1.54) is 4.90 Å². The number of hydrogen-bond acceptors (Lipinski definition) is 3. The lowest BCUT2D eigenvalue weighted by Crippen LogP contribution is -2.47. The summed E-state index contributed by atoms with van der Waals surface area (Å²) in [4.78, 5) is 33.9. The van der Waals surface area contributed by atoms with Crippen LogP contribution >= 0.6 is 0 Å². The molecule has 0 unspecified atom stereocenters. The van der Waals surface area contributed by atoms with Crippen molar-refractivity contribution in [3.8, 4) is 0 Å². The van der Waals surface area contributed by atoms with Gasteiger partial charge in [-0.25, -0.2) is 4.79 Å². The van der Waals surface area contributed by atoms with Gasteiger partial charge in [-0.3, -0.25) is 9.59 Å². The molecule has 0 aromatic carbocycles. The first kappa shape index (κ1) is 19.5. The van der Waals surface area contributed by atoms with E-state index in [1.54, 1.807) is 0 Å². The zero-order valence-corrected chi connectivity index (χ0v) is 12.1. The van der Waals surface area contributed by atoms with E-state index in [9.17, 15) is 14.4 Å². The molecule has 7 nitrogen and oxygen atoms in total. The second-order valence-electron chi connectivity index (χ2n) is 3.31. The quantitative estimate of drug-likeness (QED) is 0.706. The zero-order valence-electron chi connectivity index (χ0n) is 12.1. The van der Waals surface area contributed by atoms with Gasteiger partial charge < -0.3 is 21.1 Å². The fourth-order valence-corrected chi connectivity index (χ4v) is 1.61. The van der Waals surface area contributed by atoms with E-state index in [0.29, 0.717) is 19.4 Å². The lowest BCUT2D eigenvalue weighted by atomic mass is 10.2. The molecule has 1 atom stereocenters. The molecule has 19 heavy (non-hydrogen) atoms. The van der Waals surface area contributed by atoms with Crippen LogP contribution in [0.2, 0.25) is 0 Å². The lowest BCUT2D eigenvalue weighted by Gasteiger charge is -2.21. The van der Waals surface area contributed by atoms with Gasteiger partial charge in [-0.15, -0.1) is 0 Å². The van der Waals surface area contributed by atoms with Crippen LogP contribution in [0, 0.1) is 0 Å². The third-order valence-corrected chi connectivity index (χ3v) is 2.29. The van der Waals surface area contributed by atoms with Crippen LogP contribution in [-0.4, -0.2) is 47.0 Å². The fraction of sp³-hybridized carbons (Fsp3) is 0.750. The Bertz CT molecular complexity index is 295. The summed E-state index contributed by atoms with van der Waals surface area (Å²) in [5, 5.41) is 10.3. The van der Waals surface area contributed by atoms with E-state index in [2.05, 4.69) is 0 Å². The van der Waals surface area contributed by atoms with Gasteiger partial charge in [0.1, 0.15) is 12.6 Å². The van der Waals surface area contributed by atoms with Crippen LogP contribution in [0.4, 0.5) is 4.79 Å². The number of amides is 3. The number of carboxylic acid groups (broad SMARTS) is 1. The highest BCUT2D eigenvalue weighted by Crippen LogP contribution is 2.16. The molecule has 1 aliphatic rings. The molecule has 1 fully saturated rings. The molecule has 0 aliphatic carbocycles. The second-order valence-corrected chi connectivity index (χ2v) is 3.31. The molecule has 0 saturated carbocycles. The molecular formula is C12H25N3O4. The minimum Gasteiger partial charge on any atom is -0.465 e. The average molecular weight is 275 g/mol. The summed E-state index contributed by atoms with van der Waals surface area (Å²) in [6.07, 6.45) is -0.00113. The zero-order chi connectivity index (χ0) is 15.4. The Kier molecular flexibility index (Phi) is 11.6. The minimum atomic E-state index is -1.27. The number of rotatable bonds is 3. The molecule has 112 valence electrons. The van der Waals surface area contributed by atoms with Gasteiger partial charge in [-0.2, -0.15) is 0 Å². The smallest absolute Gasteiger partial charge is 0.405 e. The minimum absolute atomic E-state index is 0.320. The summed E-state index contributed by atoms with van der Waals surface area (Å²) < 4.78 is 0. The first-order valence-corrected chi connectivity index (χ1v) is 6.58.